The van der Waals surface area contributed by atoms with Crippen molar-refractivity contribution in [1.82, 2.24) is 0 Å². The molecule has 0 spiro atoms. The Hall–Kier alpha value is -1.32. The SMILES string of the molecule is NCC(c1ccccc1Br)N1CCc2ccccc21. The quantitative estimate of drug-likeness (QED) is 0.939. The van der Waals surface area contributed by atoms with Gasteiger partial charge in [0.25, 0.3) is 0 Å². The highest BCUT2D eigenvalue weighted by Crippen LogP contribution is 2.36. The maximum Gasteiger partial charge on any atom is 0.0675 e. The maximum atomic E-state index is 6.05. The number of fused-ring (bicyclic) bond motifs is 1. The normalized spacial score (nSPS) is 15.4. The standard InChI is InChI=1S/C16H17BrN2/c17-14-7-3-2-6-13(14)16(11-18)19-10-9-12-5-1-4-8-15(12)19/h1-8,16H,9-11,18H2. The molecule has 98 valence electrons. The lowest BCUT2D eigenvalue weighted by Gasteiger charge is -2.30. The van der Waals surface area contributed by atoms with Gasteiger partial charge in [0.05, 0.1) is 6.04 Å². The summed E-state index contributed by atoms with van der Waals surface area (Å²) in [4.78, 5) is 2.43. The van der Waals surface area contributed by atoms with Crippen LogP contribution < -0.4 is 10.6 Å². The zero-order valence-corrected chi connectivity index (χ0v) is 12.3. The summed E-state index contributed by atoms with van der Waals surface area (Å²) in [6, 6.07) is 17.2. The van der Waals surface area contributed by atoms with Gasteiger partial charge in [-0.2, -0.15) is 0 Å². The van der Waals surface area contributed by atoms with E-state index in [1.54, 1.807) is 0 Å². The number of hydrogen-bond donors (Lipinski definition) is 1. The first-order chi connectivity index (χ1) is 9.31. The number of anilines is 1. The largest absolute Gasteiger partial charge is 0.363 e. The Kier molecular flexibility index (Phi) is 3.58. The van der Waals surface area contributed by atoms with E-state index >= 15 is 0 Å². The van der Waals surface area contributed by atoms with Gasteiger partial charge >= 0.3 is 0 Å². The van der Waals surface area contributed by atoms with E-state index in [4.69, 9.17) is 5.73 Å². The summed E-state index contributed by atoms with van der Waals surface area (Å²) in [6.07, 6.45) is 1.11. The number of hydrogen-bond acceptors (Lipinski definition) is 2. The van der Waals surface area contributed by atoms with Gasteiger partial charge in [0, 0.05) is 23.2 Å². The lowest BCUT2D eigenvalue weighted by Crippen LogP contribution is -2.32. The smallest absolute Gasteiger partial charge is 0.0675 e. The Bertz CT molecular complexity index is 582. The molecule has 2 aromatic carbocycles. The first kappa shape index (κ1) is 12.7. The van der Waals surface area contributed by atoms with Crippen LogP contribution in [-0.4, -0.2) is 13.1 Å². The van der Waals surface area contributed by atoms with Crippen LogP contribution in [0, 0.1) is 0 Å². The molecule has 3 rings (SSSR count). The topological polar surface area (TPSA) is 29.3 Å². The third-order valence-corrected chi connectivity index (χ3v) is 4.51. The minimum atomic E-state index is 0.235. The van der Waals surface area contributed by atoms with E-state index in [-0.39, 0.29) is 6.04 Å². The highest BCUT2D eigenvalue weighted by molar-refractivity contribution is 9.10. The monoisotopic (exact) mass is 316 g/mol. The van der Waals surface area contributed by atoms with Gasteiger partial charge in [-0.3, -0.25) is 0 Å². The Morgan fingerprint density at radius 1 is 1.11 bits per heavy atom. The van der Waals surface area contributed by atoms with Gasteiger partial charge in [0.1, 0.15) is 0 Å². The average molecular weight is 317 g/mol. The van der Waals surface area contributed by atoms with Crippen LogP contribution in [0.5, 0.6) is 0 Å². The second-order valence-electron chi connectivity index (χ2n) is 4.85. The van der Waals surface area contributed by atoms with Crippen molar-refractivity contribution in [2.75, 3.05) is 18.0 Å². The second-order valence-corrected chi connectivity index (χ2v) is 5.70. The molecular formula is C16H17BrN2. The molecule has 2 N–H and O–H groups in total. The van der Waals surface area contributed by atoms with Crippen LogP contribution in [0.3, 0.4) is 0 Å². The number of halogens is 1. The Balaban J connectivity index is 1.99. The molecule has 1 atom stereocenters. The number of nitrogens with two attached hydrogens (primary N) is 1. The predicted octanol–water partition coefficient (Wildman–Crippen LogP) is 3.51. The summed E-state index contributed by atoms with van der Waals surface area (Å²) in [6.45, 7) is 1.67. The third kappa shape index (κ3) is 2.28. The fourth-order valence-electron chi connectivity index (χ4n) is 2.85. The molecule has 1 heterocycles. The first-order valence-corrected chi connectivity index (χ1v) is 7.39. The Morgan fingerprint density at radius 2 is 1.84 bits per heavy atom. The number of nitrogens with zero attached hydrogens (tertiary/aromatic N) is 1. The highest BCUT2D eigenvalue weighted by atomic mass is 79.9. The second kappa shape index (κ2) is 5.35. The van der Waals surface area contributed by atoms with Crippen molar-refractivity contribution < 1.29 is 0 Å². The molecule has 0 saturated heterocycles. The summed E-state index contributed by atoms with van der Waals surface area (Å²) < 4.78 is 1.13. The van der Waals surface area contributed by atoms with E-state index in [0.29, 0.717) is 6.54 Å². The first-order valence-electron chi connectivity index (χ1n) is 6.60. The lowest BCUT2D eigenvalue weighted by atomic mass is 10.1. The summed E-state index contributed by atoms with van der Waals surface area (Å²) in [5.74, 6) is 0. The number of rotatable bonds is 3. The molecule has 19 heavy (non-hydrogen) atoms. The molecule has 1 unspecified atom stereocenters. The van der Waals surface area contributed by atoms with Gasteiger partial charge < -0.3 is 10.6 Å². The van der Waals surface area contributed by atoms with Crippen LogP contribution in [0.2, 0.25) is 0 Å². The van der Waals surface area contributed by atoms with E-state index in [1.807, 2.05) is 6.07 Å². The Labute approximate surface area is 122 Å². The van der Waals surface area contributed by atoms with Crippen LogP contribution in [0.1, 0.15) is 17.2 Å². The van der Waals surface area contributed by atoms with Gasteiger partial charge in [0.2, 0.25) is 0 Å². The van der Waals surface area contributed by atoms with Gasteiger partial charge in [-0.1, -0.05) is 52.3 Å². The zero-order valence-electron chi connectivity index (χ0n) is 10.7. The molecule has 0 radical (unpaired) electrons. The maximum absolute atomic E-state index is 6.05. The van der Waals surface area contributed by atoms with Crippen molar-refractivity contribution in [3.8, 4) is 0 Å². The van der Waals surface area contributed by atoms with Gasteiger partial charge in [-0.05, 0) is 29.7 Å². The molecule has 0 fully saturated rings. The van der Waals surface area contributed by atoms with Crippen molar-refractivity contribution in [3.63, 3.8) is 0 Å². The molecule has 0 saturated carbocycles. The van der Waals surface area contributed by atoms with Crippen LogP contribution in [-0.2, 0) is 6.42 Å². The molecule has 1 aliphatic heterocycles. The Morgan fingerprint density at radius 3 is 2.63 bits per heavy atom. The fraction of sp³-hybridized carbons (Fsp3) is 0.250. The van der Waals surface area contributed by atoms with Gasteiger partial charge in [0.15, 0.2) is 0 Å². The van der Waals surface area contributed by atoms with Crippen LogP contribution in [0.4, 0.5) is 5.69 Å². The molecule has 2 aromatic rings. The molecular weight excluding hydrogens is 300 g/mol. The molecule has 0 aromatic heterocycles. The average Bonchev–Trinajstić information content (AvgIpc) is 2.86. The zero-order chi connectivity index (χ0) is 13.2. The minimum absolute atomic E-state index is 0.235. The summed E-state index contributed by atoms with van der Waals surface area (Å²) in [5, 5.41) is 0. The van der Waals surface area contributed by atoms with Gasteiger partial charge in [-0.15, -0.1) is 0 Å². The predicted molar refractivity (Wildman–Crippen MR) is 83.4 cm³/mol. The van der Waals surface area contributed by atoms with E-state index in [9.17, 15) is 0 Å². The molecule has 3 heteroatoms. The molecule has 0 amide bonds. The molecule has 2 nitrogen and oxygen atoms in total. The van der Waals surface area contributed by atoms with Crippen molar-refractivity contribution in [2.45, 2.75) is 12.5 Å². The van der Waals surface area contributed by atoms with Crippen LogP contribution in [0.25, 0.3) is 0 Å². The van der Waals surface area contributed by atoms with Crippen molar-refractivity contribution >= 4 is 21.6 Å². The van der Waals surface area contributed by atoms with E-state index < -0.39 is 0 Å². The number of benzene rings is 2. The molecule has 0 bridgehead atoms. The highest BCUT2D eigenvalue weighted by Gasteiger charge is 2.26. The lowest BCUT2D eigenvalue weighted by molar-refractivity contribution is 0.647. The van der Waals surface area contributed by atoms with Gasteiger partial charge in [-0.25, -0.2) is 0 Å². The molecule has 1 aliphatic rings. The fourth-order valence-corrected chi connectivity index (χ4v) is 3.40. The third-order valence-electron chi connectivity index (χ3n) is 3.79. The van der Waals surface area contributed by atoms with Crippen molar-refractivity contribution in [2.24, 2.45) is 5.73 Å². The van der Waals surface area contributed by atoms with Crippen LogP contribution >= 0.6 is 15.9 Å². The van der Waals surface area contributed by atoms with E-state index in [2.05, 4.69) is 63.3 Å². The summed E-state index contributed by atoms with van der Waals surface area (Å²) in [7, 11) is 0. The summed E-state index contributed by atoms with van der Waals surface area (Å²) >= 11 is 3.64. The van der Waals surface area contributed by atoms with E-state index in [1.165, 1.54) is 16.8 Å². The minimum Gasteiger partial charge on any atom is -0.363 e. The summed E-state index contributed by atoms with van der Waals surface area (Å²) in [5.41, 5.74) is 10.1. The molecule has 0 aliphatic carbocycles. The number of para-hydroxylation sites is 1. The van der Waals surface area contributed by atoms with Crippen molar-refractivity contribution in [3.05, 3.63) is 64.1 Å². The van der Waals surface area contributed by atoms with Crippen molar-refractivity contribution in [1.29, 1.82) is 0 Å². The van der Waals surface area contributed by atoms with Crippen LogP contribution in [0.15, 0.2) is 53.0 Å². The van der Waals surface area contributed by atoms with E-state index in [0.717, 1.165) is 17.4 Å².